The average molecular weight is 727 g/mol. The van der Waals surface area contributed by atoms with E-state index < -0.39 is 18.0 Å². The monoisotopic (exact) mass is 725 g/mol. The summed E-state index contributed by atoms with van der Waals surface area (Å²) in [5, 5.41) is 11.0. The highest BCUT2D eigenvalue weighted by atomic mass is 35.5. The van der Waals surface area contributed by atoms with Gasteiger partial charge in [0.1, 0.15) is 12.6 Å². The molecule has 0 spiro atoms. The normalized spacial score (nSPS) is 23.1. The number of aryl methyl sites for hydroxylation is 1. The Morgan fingerprint density at radius 2 is 1.49 bits per heavy atom. The number of hydrogen-bond donors (Lipinski definition) is 3. The van der Waals surface area contributed by atoms with Gasteiger partial charge in [0.15, 0.2) is 0 Å². The van der Waals surface area contributed by atoms with E-state index in [0.29, 0.717) is 59.4 Å². The summed E-state index contributed by atoms with van der Waals surface area (Å²) in [5.74, 6) is -1.17. The fourth-order valence-electron chi connectivity index (χ4n) is 6.49. The average Bonchev–Trinajstić information content (AvgIpc) is 3.18. The lowest BCUT2D eigenvalue weighted by atomic mass is 10.0. The molecule has 5 rings (SSSR count). The second-order valence-corrected chi connectivity index (χ2v) is 14.3. The number of amides is 4. The van der Waals surface area contributed by atoms with Crippen molar-refractivity contribution in [2.24, 2.45) is 0 Å². The van der Waals surface area contributed by atoms with E-state index in [1.807, 2.05) is 61.5 Å². The molecule has 4 atom stereocenters. The number of carbonyl (C=O) groups is 4. The molecule has 0 aliphatic carbocycles. The van der Waals surface area contributed by atoms with Gasteiger partial charge in [-0.15, -0.1) is 0 Å². The van der Waals surface area contributed by atoms with E-state index in [1.165, 1.54) is 4.90 Å². The molecular weight excluding hydrogens is 685 g/mol. The summed E-state index contributed by atoms with van der Waals surface area (Å²) in [4.78, 5) is 58.1. The summed E-state index contributed by atoms with van der Waals surface area (Å²) in [6.45, 7) is 2.23. The van der Waals surface area contributed by atoms with Crippen LogP contribution in [0, 0.1) is 0 Å². The third-order valence-electron chi connectivity index (χ3n) is 9.11. The Kier molecular flexibility index (Phi) is 12.6. The highest BCUT2D eigenvalue weighted by Gasteiger charge is 2.34. The van der Waals surface area contributed by atoms with Crippen LogP contribution < -0.4 is 20.9 Å². The number of para-hydroxylation sites is 1. The number of anilines is 1. The predicted octanol–water partition coefficient (Wildman–Crippen LogP) is 5.37. The molecule has 1 fully saturated rings. The van der Waals surface area contributed by atoms with Crippen molar-refractivity contribution in [3.63, 3.8) is 0 Å². The lowest BCUT2D eigenvalue weighted by molar-refractivity contribution is -0.131. The number of benzene rings is 3. The van der Waals surface area contributed by atoms with Crippen molar-refractivity contribution in [3.05, 3.63) is 98.5 Å². The number of nitrogens with one attached hydrogen (secondary N) is 3. The third kappa shape index (κ3) is 10.2. The van der Waals surface area contributed by atoms with Gasteiger partial charge in [0.2, 0.25) is 23.6 Å². The third-order valence-corrected chi connectivity index (χ3v) is 10.1. The number of hydrogen-bond acceptors (Lipinski definition) is 5. The van der Waals surface area contributed by atoms with Gasteiger partial charge in [-0.1, -0.05) is 71.2 Å². The first-order valence-corrected chi connectivity index (χ1v) is 17.7. The van der Waals surface area contributed by atoms with Crippen molar-refractivity contribution >= 4 is 64.1 Å². The smallest absolute Gasteiger partial charge is 0.250 e. The van der Waals surface area contributed by atoms with E-state index in [2.05, 4.69) is 16.0 Å². The van der Waals surface area contributed by atoms with Gasteiger partial charge in [-0.2, -0.15) is 0 Å². The molecule has 2 aliphatic heterocycles. The van der Waals surface area contributed by atoms with Gasteiger partial charge in [-0.3, -0.25) is 19.2 Å². The Hall–Kier alpha value is -3.63. The van der Waals surface area contributed by atoms with Crippen LogP contribution in [0.5, 0.6) is 0 Å². The van der Waals surface area contributed by atoms with E-state index in [-0.39, 0.29) is 49.2 Å². The van der Waals surface area contributed by atoms with Crippen molar-refractivity contribution < 1.29 is 19.2 Å². The maximum atomic E-state index is 14.1. The molecule has 2 heterocycles. The predicted molar refractivity (Wildman–Crippen MR) is 194 cm³/mol. The zero-order valence-electron chi connectivity index (χ0n) is 27.7. The van der Waals surface area contributed by atoms with Crippen LogP contribution in [-0.4, -0.2) is 72.8 Å². The molecule has 260 valence electrons. The maximum Gasteiger partial charge on any atom is 0.250 e. The maximum absolute atomic E-state index is 14.1. The molecule has 0 unspecified atom stereocenters. The lowest BCUT2D eigenvalue weighted by Crippen LogP contribution is -2.53. The SMILES string of the molecule is C[C@H]1CCN(C)C(=O)C[C@@H](Cc2ccc(Cl)c(Cl)c2)NC(=O)CN2C(=O)[C@H](CCc3ccccc32)NC(=O)C[C@H](Cc2ccc(Cl)cc2)N1. The fourth-order valence-corrected chi connectivity index (χ4v) is 6.94. The Morgan fingerprint density at radius 3 is 2.24 bits per heavy atom. The first kappa shape index (κ1) is 36.6. The van der Waals surface area contributed by atoms with Gasteiger partial charge in [-0.05, 0) is 86.1 Å². The van der Waals surface area contributed by atoms with Crippen molar-refractivity contribution in [1.82, 2.24) is 20.9 Å². The standard InChI is InChI=1S/C37H42Cl3N5O4/c1-23-15-16-44(2)36(48)21-29(18-25-9-13-30(39)31(40)19-25)42-35(47)22-45-33-6-4-3-5-26(33)10-14-32(37(45)49)43-34(46)20-28(41-23)17-24-7-11-27(38)12-8-24/h3-9,11-13,19,23,28-29,32,41H,10,14-18,20-22H2,1-2H3,(H,42,47)(H,43,46)/t23-,28-,29+,32-/m0/s1. The van der Waals surface area contributed by atoms with Crippen molar-refractivity contribution in [2.75, 3.05) is 25.0 Å². The van der Waals surface area contributed by atoms with Gasteiger partial charge in [0.05, 0.1) is 10.0 Å². The van der Waals surface area contributed by atoms with Gasteiger partial charge in [0.25, 0.3) is 0 Å². The van der Waals surface area contributed by atoms with Crippen LogP contribution in [0.2, 0.25) is 15.1 Å². The van der Waals surface area contributed by atoms with Crippen LogP contribution in [0.3, 0.4) is 0 Å². The molecule has 3 aromatic carbocycles. The van der Waals surface area contributed by atoms with E-state index in [9.17, 15) is 19.2 Å². The van der Waals surface area contributed by atoms with E-state index in [0.717, 1.165) is 16.7 Å². The summed E-state index contributed by atoms with van der Waals surface area (Å²) in [7, 11) is 1.75. The zero-order valence-corrected chi connectivity index (χ0v) is 30.0. The molecule has 0 radical (unpaired) electrons. The van der Waals surface area contributed by atoms with Crippen LogP contribution in [0.1, 0.15) is 49.3 Å². The summed E-state index contributed by atoms with van der Waals surface area (Å²) in [6.07, 6.45) is 2.66. The molecule has 1 saturated heterocycles. The minimum absolute atomic E-state index is 0.0320. The van der Waals surface area contributed by atoms with Gasteiger partial charge in [-0.25, -0.2) is 0 Å². The topological polar surface area (TPSA) is 111 Å². The second kappa shape index (κ2) is 16.9. The molecular formula is C37H42Cl3N5O4. The molecule has 2 bridgehead atoms. The highest BCUT2D eigenvalue weighted by molar-refractivity contribution is 6.42. The molecule has 49 heavy (non-hydrogen) atoms. The Labute approximate surface area is 302 Å². The van der Waals surface area contributed by atoms with Gasteiger partial charge in [0, 0.05) is 55.3 Å². The van der Waals surface area contributed by atoms with Crippen molar-refractivity contribution in [1.29, 1.82) is 0 Å². The number of nitrogens with zero attached hydrogens (tertiary/aromatic N) is 2. The highest BCUT2D eigenvalue weighted by Crippen LogP contribution is 2.28. The number of halogens is 3. The number of carbonyl (C=O) groups excluding carboxylic acids is 4. The number of fused-ring (bicyclic) bond motifs is 4. The van der Waals surface area contributed by atoms with Crippen LogP contribution in [0.4, 0.5) is 5.69 Å². The first-order chi connectivity index (χ1) is 23.4. The minimum atomic E-state index is -0.817. The number of rotatable bonds is 4. The van der Waals surface area contributed by atoms with E-state index in [1.54, 1.807) is 24.1 Å². The molecule has 12 heteroatoms. The fraction of sp³-hybridized carbons (Fsp3) is 0.405. The van der Waals surface area contributed by atoms with Crippen molar-refractivity contribution in [3.8, 4) is 0 Å². The van der Waals surface area contributed by atoms with Gasteiger partial charge < -0.3 is 25.8 Å². The minimum Gasteiger partial charge on any atom is -0.351 e. The molecule has 9 nitrogen and oxygen atoms in total. The molecule has 3 N–H and O–H groups in total. The molecule has 0 aromatic heterocycles. The first-order valence-electron chi connectivity index (χ1n) is 16.6. The second-order valence-electron chi connectivity index (χ2n) is 13.0. The summed E-state index contributed by atoms with van der Waals surface area (Å²) in [6, 6.07) is 18.5. The van der Waals surface area contributed by atoms with Crippen molar-refractivity contribution in [2.45, 2.75) is 76.0 Å². The quantitative estimate of drug-likeness (QED) is 0.335. The Bertz CT molecular complexity index is 1670. The zero-order chi connectivity index (χ0) is 35.1. The van der Waals surface area contributed by atoms with Crippen LogP contribution >= 0.6 is 34.8 Å². The van der Waals surface area contributed by atoms with Crippen LogP contribution in [0.25, 0.3) is 0 Å². The van der Waals surface area contributed by atoms with E-state index >= 15 is 0 Å². The molecule has 0 saturated carbocycles. The molecule has 3 aromatic rings. The van der Waals surface area contributed by atoms with Gasteiger partial charge >= 0.3 is 0 Å². The lowest BCUT2D eigenvalue weighted by Gasteiger charge is -2.29. The van der Waals surface area contributed by atoms with Crippen LogP contribution in [0.15, 0.2) is 66.7 Å². The summed E-state index contributed by atoms with van der Waals surface area (Å²) >= 11 is 18.6. The summed E-state index contributed by atoms with van der Waals surface area (Å²) < 4.78 is 0. The summed E-state index contributed by atoms with van der Waals surface area (Å²) in [5.41, 5.74) is 3.36. The largest absolute Gasteiger partial charge is 0.351 e. The Balaban J connectivity index is 1.44. The van der Waals surface area contributed by atoms with Crippen LogP contribution in [-0.2, 0) is 38.4 Å². The molecule has 2 aliphatic rings. The molecule has 4 amide bonds. The van der Waals surface area contributed by atoms with E-state index in [4.69, 9.17) is 34.8 Å². The Morgan fingerprint density at radius 1 is 0.776 bits per heavy atom.